The average Bonchev–Trinajstić information content (AvgIpc) is 2.17. The normalized spacial score (nSPS) is 10.7. The van der Waals surface area contributed by atoms with Crippen LogP contribution in [0.3, 0.4) is 0 Å². The van der Waals surface area contributed by atoms with Crippen LogP contribution in [0, 0.1) is 0 Å². The van der Waals surface area contributed by atoms with Gasteiger partial charge in [-0.2, -0.15) is 10.4 Å². The minimum atomic E-state index is -0.847. The number of methoxy groups -OCH3 is 1. The third kappa shape index (κ3) is 3.07. The molecule has 6 nitrogen and oxygen atoms in total. The van der Waals surface area contributed by atoms with Crippen molar-refractivity contribution in [3.8, 4) is 5.75 Å². The van der Waals surface area contributed by atoms with Gasteiger partial charge in [-0.3, -0.25) is 0 Å². The summed E-state index contributed by atoms with van der Waals surface area (Å²) in [4.78, 5) is 0. The number of nitrogens with one attached hydrogen (secondary N) is 1. The van der Waals surface area contributed by atoms with Crippen LogP contribution in [0.15, 0.2) is 18.2 Å². The molecule has 0 atom stereocenters. The Hall–Kier alpha value is -1.34. The molecule has 1 aromatic rings. The molecule has 0 saturated heterocycles. The number of nitrogen functional groups attached to an aromatic ring is 1. The highest BCUT2D eigenvalue weighted by molar-refractivity contribution is 5.64. The van der Waals surface area contributed by atoms with E-state index < -0.39 is 5.23 Å². The van der Waals surface area contributed by atoms with Crippen LogP contribution in [-0.4, -0.2) is 30.7 Å². The lowest BCUT2D eigenvalue weighted by Crippen LogP contribution is -3.02. The summed E-state index contributed by atoms with van der Waals surface area (Å²) in [6.07, 6.45) is 0. The first-order valence-corrected chi connectivity index (χ1v) is 4.42. The van der Waals surface area contributed by atoms with Crippen molar-refractivity contribution in [2.75, 3.05) is 26.1 Å². The quantitative estimate of drug-likeness (QED) is 0.304. The third-order valence-corrected chi connectivity index (χ3v) is 1.83. The van der Waals surface area contributed by atoms with Gasteiger partial charge in [-0.05, 0) is 17.4 Å². The highest BCUT2D eigenvalue weighted by Crippen LogP contribution is 2.26. The first kappa shape index (κ1) is 11.7. The summed E-state index contributed by atoms with van der Waals surface area (Å²) in [6, 6.07) is 4.84. The lowest BCUT2D eigenvalue weighted by molar-refractivity contribution is -1.19. The Kier molecular flexibility index (Phi) is 4.32. The molecule has 5 N–H and O–H groups in total. The molecule has 84 valence electrons. The Balaban J connectivity index is 2.81. The van der Waals surface area contributed by atoms with Gasteiger partial charge in [-0.25, -0.2) is 0 Å². The predicted octanol–water partition coefficient (Wildman–Crippen LogP) is -0.411. The minimum Gasteiger partial charge on any atom is -0.485 e. The zero-order chi connectivity index (χ0) is 11.3. The van der Waals surface area contributed by atoms with Crippen LogP contribution in [0.4, 0.5) is 11.4 Å². The van der Waals surface area contributed by atoms with Gasteiger partial charge in [0.1, 0.15) is 12.3 Å². The maximum Gasteiger partial charge on any atom is 0.262 e. The summed E-state index contributed by atoms with van der Waals surface area (Å²) in [5.41, 5.74) is 5.93. The van der Waals surface area contributed by atoms with E-state index in [2.05, 4.69) is 0 Å². The van der Waals surface area contributed by atoms with Crippen LogP contribution in [0.25, 0.3) is 0 Å². The minimum absolute atomic E-state index is 0.105. The van der Waals surface area contributed by atoms with E-state index >= 15 is 0 Å². The number of hydrogen-bond acceptors (Lipinski definition) is 5. The second-order valence-corrected chi connectivity index (χ2v) is 2.89. The Morgan fingerprint density at radius 1 is 1.33 bits per heavy atom. The average molecular weight is 215 g/mol. The van der Waals surface area contributed by atoms with Crippen LogP contribution in [0.5, 0.6) is 5.75 Å². The van der Waals surface area contributed by atoms with E-state index in [4.69, 9.17) is 25.6 Å². The van der Waals surface area contributed by atoms with Gasteiger partial charge in [0.25, 0.3) is 5.69 Å². The molecule has 0 aliphatic carbocycles. The summed E-state index contributed by atoms with van der Waals surface area (Å²) in [5, 5.41) is 17.2. The van der Waals surface area contributed by atoms with E-state index in [9.17, 15) is 0 Å². The van der Waals surface area contributed by atoms with Gasteiger partial charge in [0, 0.05) is 7.11 Å². The van der Waals surface area contributed by atoms with Gasteiger partial charge >= 0.3 is 0 Å². The molecule has 1 rings (SSSR count). The Labute approximate surface area is 87.3 Å². The van der Waals surface area contributed by atoms with Crippen molar-refractivity contribution in [2.45, 2.75) is 0 Å². The van der Waals surface area contributed by atoms with E-state index in [0.29, 0.717) is 19.0 Å². The number of hydrogen-bond donors (Lipinski definition) is 4. The van der Waals surface area contributed by atoms with Gasteiger partial charge in [-0.15, -0.1) is 0 Å². The molecule has 0 aromatic heterocycles. The van der Waals surface area contributed by atoms with E-state index in [1.807, 2.05) is 0 Å². The van der Waals surface area contributed by atoms with Crippen molar-refractivity contribution in [3.63, 3.8) is 0 Å². The predicted molar refractivity (Wildman–Crippen MR) is 52.4 cm³/mol. The highest BCUT2D eigenvalue weighted by atomic mass is 16.8. The lowest BCUT2D eigenvalue weighted by atomic mass is 10.2. The number of ether oxygens (including phenoxy) is 2. The molecule has 0 saturated carbocycles. The number of quaternary nitrogens is 1. The second-order valence-electron chi connectivity index (χ2n) is 2.89. The van der Waals surface area contributed by atoms with Crippen molar-refractivity contribution in [1.29, 1.82) is 0 Å². The van der Waals surface area contributed by atoms with Gasteiger partial charge in [0.05, 0.1) is 6.61 Å². The Bertz CT molecular complexity index is 317. The fourth-order valence-corrected chi connectivity index (χ4v) is 1.14. The standard InChI is InChI=1S/C9H14N2O4/c1-14-5-6-15-8-4-2-3-7(10)9(8)11(12)13/h2-4,12-13H,5-6,10H2,1H3/p+1. The third-order valence-electron chi connectivity index (χ3n) is 1.83. The Morgan fingerprint density at radius 2 is 2.07 bits per heavy atom. The van der Waals surface area contributed by atoms with Crippen LogP contribution < -0.4 is 15.7 Å². The second kappa shape index (κ2) is 5.52. The molecule has 6 heteroatoms. The molecule has 0 unspecified atom stereocenters. The Morgan fingerprint density at radius 3 is 2.67 bits per heavy atom. The van der Waals surface area contributed by atoms with Crippen LogP contribution >= 0.6 is 0 Å². The first-order chi connectivity index (χ1) is 7.16. The number of benzene rings is 1. The highest BCUT2D eigenvalue weighted by Gasteiger charge is 2.18. The topological polar surface area (TPSA) is 89.4 Å². The monoisotopic (exact) mass is 215 g/mol. The van der Waals surface area contributed by atoms with Gasteiger partial charge < -0.3 is 15.2 Å². The molecule has 0 aliphatic rings. The summed E-state index contributed by atoms with van der Waals surface area (Å²) in [6.45, 7) is 0.737. The molecular formula is C9H15N2O4+. The van der Waals surface area contributed by atoms with E-state index in [-0.39, 0.29) is 11.4 Å². The van der Waals surface area contributed by atoms with Gasteiger partial charge in [-0.1, -0.05) is 6.07 Å². The molecule has 0 spiro atoms. The zero-order valence-corrected chi connectivity index (χ0v) is 8.43. The van der Waals surface area contributed by atoms with Gasteiger partial charge in [0.15, 0.2) is 5.75 Å². The van der Waals surface area contributed by atoms with E-state index in [0.717, 1.165) is 0 Å². The summed E-state index contributed by atoms with van der Waals surface area (Å²) in [7, 11) is 1.55. The molecule has 0 radical (unpaired) electrons. The summed E-state index contributed by atoms with van der Waals surface area (Å²) >= 11 is 0. The summed E-state index contributed by atoms with van der Waals surface area (Å²) in [5.74, 6) is 0.326. The van der Waals surface area contributed by atoms with E-state index in [1.54, 1.807) is 25.3 Å². The summed E-state index contributed by atoms with van der Waals surface area (Å²) < 4.78 is 10.1. The van der Waals surface area contributed by atoms with Crippen molar-refractivity contribution < 1.29 is 25.1 Å². The maximum absolute atomic E-state index is 9.02. The lowest BCUT2D eigenvalue weighted by Gasteiger charge is -2.11. The van der Waals surface area contributed by atoms with Gasteiger partial charge in [0.2, 0.25) is 0 Å². The van der Waals surface area contributed by atoms with Crippen LogP contribution in [-0.2, 0) is 4.74 Å². The molecule has 15 heavy (non-hydrogen) atoms. The first-order valence-electron chi connectivity index (χ1n) is 4.42. The van der Waals surface area contributed by atoms with Crippen molar-refractivity contribution >= 4 is 11.4 Å². The molecule has 0 aliphatic heterocycles. The smallest absolute Gasteiger partial charge is 0.262 e. The fourth-order valence-electron chi connectivity index (χ4n) is 1.14. The number of para-hydroxylation sites is 1. The van der Waals surface area contributed by atoms with Crippen molar-refractivity contribution in [1.82, 2.24) is 0 Å². The molecule has 0 bridgehead atoms. The van der Waals surface area contributed by atoms with Crippen molar-refractivity contribution in [3.05, 3.63) is 18.2 Å². The molecule has 0 fully saturated rings. The zero-order valence-electron chi connectivity index (χ0n) is 8.43. The molecule has 0 amide bonds. The van der Waals surface area contributed by atoms with Crippen molar-refractivity contribution in [2.24, 2.45) is 0 Å². The maximum atomic E-state index is 9.02. The molecular weight excluding hydrogens is 200 g/mol. The SMILES string of the molecule is COCCOc1cccc(N)c1[NH+](O)O. The van der Waals surface area contributed by atoms with E-state index in [1.165, 1.54) is 0 Å². The van der Waals surface area contributed by atoms with Crippen LogP contribution in [0.1, 0.15) is 0 Å². The van der Waals surface area contributed by atoms with Crippen LogP contribution in [0.2, 0.25) is 0 Å². The molecule has 0 heterocycles. The fraction of sp³-hybridized carbons (Fsp3) is 0.333. The largest absolute Gasteiger partial charge is 0.485 e. The number of nitrogens with two attached hydrogens (primary N) is 1. The molecule has 1 aromatic carbocycles. The number of anilines is 1. The number of rotatable bonds is 5.